The molecule has 1 aliphatic heterocycles. The van der Waals surface area contributed by atoms with E-state index in [0.717, 1.165) is 38.3 Å². The molecule has 1 saturated heterocycles. The van der Waals surface area contributed by atoms with Crippen LogP contribution in [0.2, 0.25) is 0 Å². The zero-order chi connectivity index (χ0) is 19.6. The summed E-state index contributed by atoms with van der Waals surface area (Å²) in [7, 11) is 2.05. The topological polar surface area (TPSA) is 43.9 Å². The van der Waals surface area contributed by atoms with Crippen molar-refractivity contribution in [3.63, 3.8) is 0 Å². The predicted octanol–water partition coefficient (Wildman–Crippen LogP) is 2.87. The molecule has 0 aliphatic carbocycles. The van der Waals surface area contributed by atoms with Crippen molar-refractivity contribution < 1.29 is 12.8 Å². The van der Waals surface area contributed by atoms with E-state index in [2.05, 4.69) is 16.8 Å². The van der Waals surface area contributed by atoms with E-state index in [4.69, 9.17) is 0 Å². The number of sulfone groups is 1. The highest BCUT2D eigenvalue weighted by molar-refractivity contribution is 7.91. The summed E-state index contributed by atoms with van der Waals surface area (Å²) < 4.78 is 39.4. The molecule has 1 aliphatic rings. The lowest BCUT2D eigenvalue weighted by molar-refractivity contribution is 0.360. The molecule has 27 heavy (non-hydrogen) atoms. The Labute approximate surface area is 160 Å². The smallest absolute Gasteiger partial charge is 0.208 e. The van der Waals surface area contributed by atoms with Crippen LogP contribution in [0.5, 0.6) is 0 Å². The van der Waals surface area contributed by atoms with Gasteiger partial charge in [-0.1, -0.05) is 0 Å². The molecule has 2 aromatic carbocycles. The molecule has 0 bridgehead atoms. The highest BCUT2D eigenvalue weighted by Crippen LogP contribution is 2.33. The summed E-state index contributed by atoms with van der Waals surface area (Å²) in [6, 6.07) is 10.4. The van der Waals surface area contributed by atoms with Crippen LogP contribution in [0.15, 0.2) is 52.3 Å². The lowest BCUT2D eigenvalue weighted by atomic mass is 10.2. The van der Waals surface area contributed by atoms with Gasteiger partial charge in [-0.2, -0.15) is 0 Å². The maximum atomic E-state index is 13.2. The average Bonchev–Trinajstić information content (AvgIpc) is 2.86. The molecule has 0 amide bonds. The highest BCUT2D eigenvalue weighted by atomic mass is 32.2. The monoisotopic (exact) mass is 391 g/mol. The lowest BCUT2D eigenvalue weighted by Gasteiger charge is -2.26. The Morgan fingerprint density at radius 2 is 1.67 bits per heavy atom. The summed E-state index contributed by atoms with van der Waals surface area (Å²) in [5.74, 6) is -0.455. The van der Waals surface area contributed by atoms with Crippen LogP contribution in [0.4, 0.5) is 15.8 Å². The molecule has 3 rings (SSSR count). The van der Waals surface area contributed by atoms with Gasteiger partial charge >= 0.3 is 0 Å². The molecule has 1 heterocycles. The van der Waals surface area contributed by atoms with Crippen molar-refractivity contribution in [3.8, 4) is 0 Å². The predicted molar refractivity (Wildman–Crippen MR) is 107 cm³/mol. The van der Waals surface area contributed by atoms with Gasteiger partial charge in [0.2, 0.25) is 9.84 Å². The molecule has 0 spiro atoms. The maximum Gasteiger partial charge on any atom is 0.208 e. The van der Waals surface area contributed by atoms with E-state index in [1.54, 1.807) is 6.07 Å². The van der Waals surface area contributed by atoms with E-state index in [1.165, 1.54) is 24.3 Å². The molecular weight excluding hydrogens is 365 g/mol. The number of likely N-dealkylation sites (N-methyl/N-ethyl adjacent to an activating group) is 1. The standard InChI is InChI=1S/C20H26FN3O2S/c1-22(2)19-15-17(24-12-4-11-23(3)13-14-24)7-10-20(19)27(25,26)18-8-5-16(21)6-9-18/h5-10,15H,4,11-14H2,1-3H3. The number of hydrogen-bond acceptors (Lipinski definition) is 5. The lowest BCUT2D eigenvalue weighted by Crippen LogP contribution is -2.29. The van der Waals surface area contributed by atoms with E-state index in [0.29, 0.717) is 5.69 Å². The van der Waals surface area contributed by atoms with E-state index >= 15 is 0 Å². The second-order valence-electron chi connectivity index (χ2n) is 7.15. The van der Waals surface area contributed by atoms with Crippen molar-refractivity contribution in [3.05, 3.63) is 48.3 Å². The first-order valence-corrected chi connectivity index (χ1v) is 10.5. The van der Waals surface area contributed by atoms with Gasteiger partial charge in [-0.3, -0.25) is 0 Å². The Kier molecular flexibility index (Phi) is 5.72. The summed E-state index contributed by atoms with van der Waals surface area (Å²) in [5, 5.41) is 0. The number of benzene rings is 2. The Bertz CT molecular complexity index is 898. The van der Waals surface area contributed by atoms with Crippen LogP contribution < -0.4 is 9.80 Å². The summed E-state index contributed by atoms with van der Waals surface area (Å²) >= 11 is 0. The molecule has 0 radical (unpaired) electrons. The third-order valence-electron chi connectivity index (χ3n) is 4.92. The van der Waals surface area contributed by atoms with Crippen LogP contribution in [0.25, 0.3) is 0 Å². The van der Waals surface area contributed by atoms with Crippen LogP contribution in [0.1, 0.15) is 6.42 Å². The minimum atomic E-state index is -3.73. The summed E-state index contributed by atoms with van der Waals surface area (Å²) in [5.41, 5.74) is 1.65. The summed E-state index contributed by atoms with van der Waals surface area (Å²) in [4.78, 5) is 6.74. The van der Waals surface area contributed by atoms with Crippen molar-refractivity contribution >= 4 is 21.2 Å². The molecule has 0 atom stereocenters. The fourth-order valence-corrected chi connectivity index (χ4v) is 4.84. The normalized spacial score (nSPS) is 16.2. The van der Waals surface area contributed by atoms with Crippen LogP contribution in [-0.2, 0) is 9.84 Å². The summed E-state index contributed by atoms with van der Waals surface area (Å²) in [6.07, 6.45) is 1.07. The number of halogens is 1. The van der Waals surface area contributed by atoms with Crippen LogP contribution >= 0.6 is 0 Å². The Morgan fingerprint density at radius 1 is 0.963 bits per heavy atom. The SMILES string of the molecule is CN1CCCN(c2ccc(S(=O)(=O)c3ccc(F)cc3)c(N(C)C)c2)CC1. The van der Waals surface area contributed by atoms with Gasteiger partial charge in [0.15, 0.2) is 0 Å². The van der Waals surface area contributed by atoms with Crippen LogP contribution in [-0.4, -0.2) is 60.6 Å². The minimum Gasteiger partial charge on any atom is -0.377 e. The van der Waals surface area contributed by atoms with E-state index in [9.17, 15) is 12.8 Å². The Balaban J connectivity index is 2.00. The van der Waals surface area contributed by atoms with Crippen molar-refractivity contribution in [2.45, 2.75) is 16.2 Å². The first-order valence-electron chi connectivity index (χ1n) is 9.04. The number of rotatable bonds is 4. The van der Waals surface area contributed by atoms with Gasteiger partial charge in [-0.25, -0.2) is 12.8 Å². The molecule has 146 valence electrons. The second-order valence-corrected chi connectivity index (χ2v) is 9.07. The maximum absolute atomic E-state index is 13.2. The van der Waals surface area contributed by atoms with Crippen LogP contribution in [0.3, 0.4) is 0 Å². The first kappa shape index (κ1) is 19.6. The molecule has 0 saturated carbocycles. The molecule has 2 aromatic rings. The van der Waals surface area contributed by atoms with E-state index in [-0.39, 0.29) is 9.79 Å². The van der Waals surface area contributed by atoms with E-state index in [1.807, 2.05) is 31.1 Å². The Morgan fingerprint density at radius 3 is 2.33 bits per heavy atom. The minimum absolute atomic E-state index is 0.0937. The molecule has 1 fully saturated rings. The van der Waals surface area contributed by atoms with Crippen molar-refractivity contribution in [1.29, 1.82) is 0 Å². The molecule has 7 heteroatoms. The average molecular weight is 392 g/mol. The molecule has 0 aromatic heterocycles. The number of anilines is 2. The quantitative estimate of drug-likeness (QED) is 0.750. The third-order valence-corrected chi connectivity index (χ3v) is 6.74. The first-order chi connectivity index (χ1) is 12.8. The Hall–Kier alpha value is -2.12. The third kappa shape index (κ3) is 4.25. The van der Waals surface area contributed by atoms with Gasteiger partial charge in [0.1, 0.15) is 5.82 Å². The number of hydrogen-bond donors (Lipinski definition) is 0. The fraction of sp³-hybridized carbons (Fsp3) is 0.400. The van der Waals surface area contributed by atoms with Gasteiger partial charge in [0.25, 0.3) is 0 Å². The van der Waals surface area contributed by atoms with Gasteiger partial charge in [-0.15, -0.1) is 0 Å². The van der Waals surface area contributed by atoms with Gasteiger partial charge in [-0.05, 0) is 62.5 Å². The largest absolute Gasteiger partial charge is 0.377 e. The van der Waals surface area contributed by atoms with Gasteiger partial charge < -0.3 is 14.7 Å². The summed E-state index contributed by atoms with van der Waals surface area (Å²) in [6.45, 7) is 3.90. The van der Waals surface area contributed by atoms with Gasteiger partial charge in [0.05, 0.1) is 15.5 Å². The fourth-order valence-electron chi connectivity index (χ4n) is 3.32. The highest BCUT2D eigenvalue weighted by Gasteiger charge is 2.24. The molecule has 0 unspecified atom stereocenters. The number of nitrogens with zero attached hydrogens (tertiary/aromatic N) is 3. The second kappa shape index (κ2) is 7.86. The van der Waals surface area contributed by atoms with Crippen molar-refractivity contribution in [2.75, 3.05) is 57.1 Å². The zero-order valence-electron chi connectivity index (χ0n) is 16.0. The molecule has 5 nitrogen and oxygen atoms in total. The van der Waals surface area contributed by atoms with Crippen molar-refractivity contribution in [1.82, 2.24) is 4.90 Å². The van der Waals surface area contributed by atoms with Crippen molar-refractivity contribution in [2.24, 2.45) is 0 Å². The zero-order valence-corrected chi connectivity index (χ0v) is 16.8. The van der Waals surface area contributed by atoms with Gasteiger partial charge in [0, 0.05) is 39.4 Å². The molecule has 0 N–H and O–H groups in total. The molecular formula is C20H26FN3O2S. The van der Waals surface area contributed by atoms with Crippen LogP contribution in [0, 0.1) is 5.82 Å². The van der Waals surface area contributed by atoms with E-state index < -0.39 is 15.7 Å².